The number of H-pyrrole nitrogens is 1. The smallest absolute Gasteiger partial charge is 0.262 e. The van der Waals surface area contributed by atoms with Crippen molar-refractivity contribution in [3.63, 3.8) is 0 Å². The van der Waals surface area contributed by atoms with Gasteiger partial charge in [-0.3, -0.25) is 9.78 Å². The molecule has 3 heterocycles. The number of hydrogen-bond acceptors (Lipinski definition) is 5. The minimum atomic E-state index is -0.248. The van der Waals surface area contributed by atoms with Crippen molar-refractivity contribution in [3.8, 4) is 0 Å². The third kappa shape index (κ3) is 2.13. The van der Waals surface area contributed by atoms with Crippen molar-refractivity contribution < 1.29 is 9.84 Å². The van der Waals surface area contributed by atoms with E-state index in [2.05, 4.69) is 32.6 Å². The van der Waals surface area contributed by atoms with E-state index in [1.54, 1.807) is 0 Å². The quantitative estimate of drug-likeness (QED) is 0.665. The third-order valence-electron chi connectivity index (χ3n) is 3.25. The number of nitrogens with one attached hydrogen (secondary N) is 1. The first-order valence-corrected chi connectivity index (χ1v) is 7.00. The summed E-state index contributed by atoms with van der Waals surface area (Å²) in [5, 5.41) is 9.63. The standard InChI is InChI=1S/C11H13IN4O3/c12-6-3-16(7-2-1-5(4-17)19-7)9-8(6)10(18)15-11(13)14-9/h3,5,7,17H,1-2,4H2,(H3,13,14,15,18). The molecule has 4 N–H and O–H groups in total. The van der Waals surface area contributed by atoms with E-state index in [0.717, 1.165) is 16.4 Å². The van der Waals surface area contributed by atoms with Gasteiger partial charge in [-0.25, -0.2) is 0 Å². The number of aliphatic hydroxyl groups excluding tert-OH is 1. The van der Waals surface area contributed by atoms with Crippen LogP contribution in [0.4, 0.5) is 5.95 Å². The van der Waals surface area contributed by atoms with Crippen molar-refractivity contribution in [1.82, 2.24) is 14.5 Å². The second kappa shape index (κ2) is 4.76. The van der Waals surface area contributed by atoms with Crippen LogP contribution in [0.25, 0.3) is 11.0 Å². The molecule has 1 saturated heterocycles. The highest BCUT2D eigenvalue weighted by molar-refractivity contribution is 14.1. The second-order valence-corrected chi connectivity index (χ2v) is 5.67. The molecule has 1 aliphatic heterocycles. The number of halogens is 1. The minimum Gasteiger partial charge on any atom is -0.394 e. The van der Waals surface area contributed by atoms with Crippen molar-refractivity contribution in [2.24, 2.45) is 0 Å². The molecule has 0 aliphatic carbocycles. The number of aromatic amines is 1. The van der Waals surface area contributed by atoms with Crippen LogP contribution in [0, 0.1) is 3.57 Å². The average molecular weight is 376 g/mol. The Hall–Kier alpha value is -1.13. The molecular formula is C11H13IN4O3. The fourth-order valence-electron chi connectivity index (χ4n) is 2.37. The maximum absolute atomic E-state index is 11.9. The van der Waals surface area contributed by atoms with Crippen molar-refractivity contribution in [2.45, 2.75) is 25.2 Å². The average Bonchev–Trinajstić information content (AvgIpc) is 2.93. The van der Waals surface area contributed by atoms with Crippen LogP contribution in [-0.4, -0.2) is 32.4 Å². The van der Waals surface area contributed by atoms with Crippen molar-refractivity contribution in [2.75, 3.05) is 12.3 Å². The Morgan fingerprint density at radius 3 is 3.11 bits per heavy atom. The molecule has 0 amide bonds. The third-order valence-corrected chi connectivity index (χ3v) is 4.07. The number of ether oxygens (including phenoxy) is 1. The van der Waals surface area contributed by atoms with Gasteiger partial charge in [-0.1, -0.05) is 0 Å². The lowest BCUT2D eigenvalue weighted by atomic mass is 10.2. The molecule has 1 fully saturated rings. The van der Waals surface area contributed by atoms with Crippen LogP contribution in [0.5, 0.6) is 0 Å². The van der Waals surface area contributed by atoms with E-state index in [-0.39, 0.29) is 30.4 Å². The second-order valence-electron chi connectivity index (χ2n) is 4.51. The monoisotopic (exact) mass is 376 g/mol. The largest absolute Gasteiger partial charge is 0.394 e. The van der Waals surface area contributed by atoms with Crippen LogP contribution < -0.4 is 11.3 Å². The predicted octanol–water partition coefficient (Wildman–Crippen LogP) is 0.581. The van der Waals surface area contributed by atoms with Gasteiger partial charge < -0.3 is 20.1 Å². The van der Waals surface area contributed by atoms with Crippen LogP contribution in [0.2, 0.25) is 0 Å². The van der Waals surface area contributed by atoms with Crippen molar-refractivity contribution in [1.29, 1.82) is 0 Å². The van der Waals surface area contributed by atoms with E-state index in [9.17, 15) is 4.79 Å². The molecule has 0 aromatic carbocycles. The molecule has 2 unspecified atom stereocenters. The molecule has 19 heavy (non-hydrogen) atoms. The number of hydrogen-bond donors (Lipinski definition) is 3. The lowest BCUT2D eigenvalue weighted by molar-refractivity contribution is -0.0205. The summed E-state index contributed by atoms with van der Waals surface area (Å²) in [6.45, 7) is 0.00292. The Morgan fingerprint density at radius 1 is 1.63 bits per heavy atom. The van der Waals surface area contributed by atoms with Gasteiger partial charge in [0.05, 0.1) is 18.1 Å². The van der Waals surface area contributed by atoms with Gasteiger partial charge in [0.2, 0.25) is 5.95 Å². The van der Waals surface area contributed by atoms with E-state index < -0.39 is 0 Å². The number of nitrogens with two attached hydrogens (primary N) is 1. The first-order valence-electron chi connectivity index (χ1n) is 5.92. The number of nitrogens with zero attached hydrogens (tertiary/aromatic N) is 2. The summed E-state index contributed by atoms with van der Waals surface area (Å²) in [5.74, 6) is 0.0879. The van der Waals surface area contributed by atoms with Crippen LogP contribution in [0.15, 0.2) is 11.0 Å². The molecule has 0 bridgehead atoms. The van der Waals surface area contributed by atoms with E-state index in [0.29, 0.717) is 11.0 Å². The molecule has 2 aromatic heterocycles. The molecule has 0 radical (unpaired) electrons. The van der Waals surface area contributed by atoms with E-state index in [1.807, 2.05) is 10.8 Å². The molecule has 8 heteroatoms. The maximum Gasteiger partial charge on any atom is 0.262 e. The molecule has 2 aromatic rings. The molecule has 102 valence electrons. The summed E-state index contributed by atoms with van der Waals surface area (Å²) < 4.78 is 8.34. The lowest BCUT2D eigenvalue weighted by Gasteiger charge is -2.14. The van der Waals surface area contributed by atoms with Crippen LogP contribution >= 0.6 is 22.6 Å². The zero-order valence-electron chi connectivity index (χ0n) is 9.97. The number of anilines is 1. The normalized spacial score (nSPS) is 23.3. The molecular weight excluding hydrogens is 363 g/mol. The van der Waals surface area contributed by atoms with E-state index in [1.165, 1.54) is 0 Å². The van der Waals surface area contributed by atoms with Crippen LogP contribution in [0.1, 0.15) is 19.1 Å². The summed E-state index contributed by atoms with van der Waals surface area (Å²) in [7, 11) is 0. The Morgan fingerprint density at radius 2 is 2.42 bits per heavy atom. The first-order chi connectivity index (χ1) is 9.10. The Kier molecular flexibility index (Phi) is 3.23. The molecule has 1 aliphatic rings. The summed E-state index contributed by atoms with van der Waals surface area (Å²) in [6.07, 6.45) is 3.03. The van der Waals surface area contributed by atoms with Gasteiger partial charge in [-0.2, -0.15) is 4.98 Å². The van der Waals surface area contributed by atoms with Gasteiger partial charge in [0.25, 0.3) is 5.56 Å². The van der Waals surface area contributed by atoms with Gasteiger partial charge in [-0.05, 0) is 35.4 Å². The highest BCUT2D eigenvalue weighted by Gasteiger charge is 2.28. The Labute approximate surface area is 121 Å². The van der Waals surface area contributed by atoms with E-state index >= 15 is 0 Å². The first kappa shape index (κ1) is 12.9. The van der Waals surface area contributed by atoms with Gasteiger partial charge in [0, 0.05) is 9.77 Å². The summed E-state index contributed by atoms with van der Waals surface area (Å²) in [4.78, 5) is 18.6. The predicted molar refractivity (Wildman–Crippen MR) is 77.7 cm³/mol. The summed E-state index contributed by atoms with van der Waals surface area (Å²) >= 11 is 2.09. The Balaban J connectivity index is 2.12. The number of aliphatic hydroxyl groups is 1. The van der Waals surface area contributed by atoms with Gasteiger partial charge in [-0.15, -0.1) is 0 Å². The SMILES string of the molecule is Nc1nc2c(c(I)cn2C2CCC(CO)O2)c(=O)[nH]1. The lowest BCUT2D eigenvalue weighted by Crippen LogP contribution is -2.16. The zero-order valence-corrected chi connectivity index (χ0v) is 12.1. The molecule has 3 rings (SSSR count). The van der Waals surface area contributed by atoms with Crippen molar-refractivity contribution >= 4 is 39.6 Å². The number of rotatable bonds is 2. The fourth-order valence-corrected chi connectivity index (χ4v) is 3.16. The minimum absolute atomic E-state index is 0.00292. The number of aromatic nitrogens is 3. The maximum atomic E-state index is 11.9. The zero-order chi connectivity index (χ0) is 13.6. The molecule has 2 atom stereocenters. The van der Waals surface area contributed by atoms with Gasteiger partial charge in [0.15, 0.2) is 5.65 Å². The fraction of sp³-hybridized carbons (Fsp3) is 0.455. The van der Waals surface area contributed by atoms with E-state index in [4.69, 9.17) is 15.6 Å². The van der Waals surface area contributed by atoms with Crippen LogP contribution in [-0.2, 0) is 4.74 Å². The topological polar surface area (TPSA) is 106 Å². The molecule has 0 saturated carbocycles. The number of fused-ring (bicyclic) bond motifs is 1. The Bertz CT molecular complexity index is 680. The van der Waals surface area contributed by atoms with Crippen molar-refractivity contribution in [3.05, 3.63) is 20.1 Å². The molecule has 0 spiro atoms. The highest BCUT2D eigenvalue weighted by atomic mass is 127. The summed E-state index contributed by atoms with van der Waals surface area (Å²) in [6, 6.07) is 0. The van der Waals surface area contributed by atoms with Gasteiger partial charge in [0.1, 0.15) is 6.23 Å². The van der Waals surface area contributed by atoms with Gasteiger partial charge >= 0.3 is 0 Å². The molecule has 7 nitrogen and oxygen atoms in total. The highest BCUT2D eigenvalue weighted by Crippen LogP contribution is 2.32. The van der Waals surface area contributed by atoms with Crippen LogP contribution in [0.3, 0.4) is 0 Å². The number of nitrogen functional groups attached to an aromatic ring is 1. The summed E-state index contributed by atoms with van der Waals surface area (Å²) in [5.41, 5.74) is 5.87.